The molecule has 1 aromatic heterocycles. The number of nitriles is 1. The van der Waals surface area contributed by atoms with Gasteiger partial charge in [0.1, 0.15) is 10.9 Å². The van der Waals surface area contributed by atoms with Crippen LogP contribution in [0.1, 0.15) is 4.88 Å². The molecule has 3 nitrogen and oxygen atoms in total. The quantitative estimate of drug-likeness (QED) is 0.837. The summed E-state index contributed by atoms with van der Waals surface area (Å²) < 4.78 is 22.6. The standard InChI is InChI=1S/C12H9NO2S2/c1-17(14,15)12-4-2-9(3-5-12)10-6-11(7-13)16-8-10/h2-6,8H,1H3. The van der Waals surface area contributed by atoms with Gasteiger partial charge in [0.25, 0.3) is 0 Å². The zero-order valence-electron chi connectivity index (χ0n) is 9.04. The Morgan fingerprint density at radius 3 is 2.29 bits per heavy atom. The Labute approximate surface area is 104 Å². The molecule has 0 aliphatic rings. The van der Waals surface area contributed by atoms with E-state index < -0.39 is 9.84 Å². The summed E-state index contributed by atoms with van der Waals surface area (Å²) in [5.41, 5.74) is 1.85. The van der Waals surface area contributed by atoms with E-state index in [0.717, 1.165) is 11.1 Å². The molecule has 0 N–H and O–H groups in total. The summed E-state index contributed by atoms with van der Waals surface area (Å²) in [7, 11) is -3.15. The second-order valence-corrected chi connectivity index (χ2v) is 6.53. The third-order valence-corrected chi connectivity index (χ3v) is 4.29. The molecular formula is C12H9NO2S2. The molecule has 2 rings (SSSR count). The van der Waals surface area contributed by atoms with E-state index >= 15 is 0 Å². The lowest BCUT2D eigenvalue weighted by Gasteiger charge is -2.00. The van der Waals surface area contributed by atoms with Crippen molar-refractivity contribution in [1.82, 2.24) is 0 Å². The van der Waals surface area contributed by atoms with Crippen LogP contribution in [0, 0.1) is 11.3 Å². The molecule has 86 valence electrons. The molecule has 17 heavy (non-hydrogen) atoms. The third-order valence-electron chi connectivity index (χ3n) is 2.33. The van der Waals surface area contributed by atoms with E-state index in [2.05, 4.69) is 6.07 Å². The van der Waals surface area contributed by atoms with Gasteiger partial charge in [-0.2, -0.15) is 5.26 Å². The zero-order valence-corrected chi connectivity index (χ0v) is 10.7. The number of nitrogens with zero attached hydrogens (tertiary/aromatic N) is 1. The fourth-order valence-electron chi connectivity index (χ4n) is 1.44. The minimum Gasteiger partial charge on any atom is -0.224 e. The number of hydrogen-bond donors (Lipinski definition) is 0. The van der Waals surface area contributed by atoms with Crippen molar-refractivity contribution in [1.29, 1.82) is 5.26 Å². The maximum Gasteiger partial charge on any atom is 0.175 e. The molecule has 5 heteroatoms. The molecule has 0 radical (unpaired) electrons. The first-order valence-electron chi connectivity index (χ1n) is 4.80. The number of sulfone groups is 1. The SMILES string of the molecule is CS(=O)(=O)c1ccc(-c2csc(C#N)c2)cc1. The van der Waals surface area contributed by atoms with Crippen molar-refractivity contribution < 1.29 is 8.42 Å². The molecule has 2 aromatic rings. The minimum absolute atomic E-state index is 0.303. The summed E-state index contributed by atoms with van der Waals surface area (Å²) >= 11 is 1.37. The summed E-state index contributed by atoms with van der Waals surface area (Å²) in [6, 6.07) is 10.5. The van der Waals surface area contributed by atoms with Gasteiger partial charge in [-0.3, -0.25) is 0 Å². The minimum atomic E-state index is -3.15. The molecule has 1 heterocycles. The van der Waals surface area contributed by atoms with E-state index in [4.69, 9.17) is 5.26 Å². The van der Waals surface area contributed by atoms with Gasteiger partial charge in [-0.15, -0.1) is 11.3 Å². The summed E-state index contributed by atoms with van der Waals surface area (Å²) in [5.74, 6) is 0. The van der Waals surface area contributed by atoms with Crippen LogP contribution in [0.4, 0.5) is 0 Å². The van der Waals surface area contributed by atoms with E-state index in [1.165, 1.54) is 17.6 Å². The van der Waals surface area contributed by atoms with Gasteiger partial charge in [-0.05, 0) is 34.7 Å². The van der Waals surface area contributed by atoms with Crippen LogP contribution < -0.4 is 0 Å². The summed E-state index contributed by atoms with van der Waals surface area (Å²) in [6.07, 6.45) is 1.18. The molecular weight excluding hydrogens is 254 g/mol. The fraction of sp³-hybridized carbons (Fsp3) is 0.0833. The van der Waals surface area contributed by atoms with E-state index in [9.17, 15) is 8.42 Å². The van der Waals surface area contributed by atoms with Gasteiger partial charge in [0.05, 0.1) is 4.90 Å². The number of rotatable bonds is 2. The highest BCUT2D eigenvalue weighted by atomic mass is 32.2. The zero-order chi connectivity index (χ0) is 12.5. The number of hydrogen-bond acceptors (Lipinski definition) is 4. The molecule has 1 aromatic carbocycles. The van der Waals surface area contributed by atoms with Gasteiger partial charge >= 0.3 is 0 Å². The highest BCUT2D eigenvalue weighted by Crippen LogP contribution is 2.26. The first-order chi connectivity index (χ1) is 8.00. The average Bonchev–Trinajstić information content (AvgIpc) is 2.76. The van der Waals surface area contributed by atoms with Crippen LogP contribution in [0.2, 0.25) is 0 Å². The molecule has 0 atom stereocenters. The molecule has 0 spiro atoms. The van der Waals surface area contributed by atoms with Crippen molar-refractivity contribution in [3.05, 3.63) is 40.6 Å². The lowest BCUT2D eigenvalue weighted by Crippen LogP contribution is -1.95. The smallest absolute Gasteiger partial charge is 0.175 e. The van der Waals surface area contributed by atoms with Gasteiger partial charge in [0, 0.05) is 6.26 Å². The number of thiophene rings is 1. The summed E-state index contributed by atoms with van der Waals surface area (Å²) in [5, 5.41) is 10.6. The fourth-order valence-corrected chi connectivity index (χ4v) is 2.78. The molecule has 0 amide bonds. The van der Waals surface area contributed by atoms with Crippen molar-refractivity contribution in [2.75, 3.05) is 6.26 Å². The van der Waals surface area contributed by atoms with Crippen molar-refractivity contribution >= 4 is 21.2 Å². The van der Waals surface area contributed by atoms with Crippen LogP contribution in [0.15, 0.2) is 40.6 Å². The molecule has 0 saturated heterocycles. The van der Waals surface area contributed by atoms with Crippen LogP contribution in [-0.4, -0.2) is 14.7 Å². The van der Waals surface area contributed by atoms with E-state index in [1.54, 1.807) is 30.3 Å². The van der Waals surface area contributed by atoms with Crippen LogP contribution in [0.5, 0.6) is 0 Å². The van der Waals surface area contributed by atoms with Gasteiger partial charge in [0.15, 0.2) is 9.84 Å². The molecule has 0 aliphatic heterocycles. The highest BCUT2D eigenvalue weighted by molar-refractivity contribution is 7.90. The van der Waals surface area contributed by atoms with Gasteiger partial charge < -0.3 is 0 Å². The largest absolute Gasteiger partial charge is 0.224 e. The maximum absolute atomic E-state index is 11.3. The van der Waals surface area contributed by atoms with Crippen molar-refractivity contribution in [2.45, 2.75) is 4.90 Å². The van der Waals surface area contributed by atoms with Crippen LogP contribution in [0.3, 0.4) is 0 Å². The molecule has 0 fully saturated rings. The Balaban J connectivity index is 2.40. The molecule has 0 bridgehead atoms. The normalized spacial score (nSPS) is 11.1. The van der Waals surface area contributed by atoms with Crippen LogP contribution in [-0.2, 0) is 9.84 Å². The van der Waals surface area contributed by atoms with Crippen molar-refractivity contribution in [3.8, 4) is 17.2 Å². The Kier molecular flexibility index (Phi) is 3.01. The molecule has 0 aliphatic carbocycles. The van der Waals surface area contributed by atoms with Crippen LogP contribution in [0.25, 0.3) is 11.1 Å². The Hall–Kier alpha value is -1.64. The van der Waals surface area contributed by atoms with E-state index in [-0.39, 0.29) is 0 Å². The Bertz CT molecular complexity index is 676. The highest BCUT2D eigenvalue weighted by Gasteiger charge is 2.07. The van der Waals surface area contributed by atoms with E-state index in [0.29, 0.717) is 9.77 Å². The average molecular weight is 263 g/mol. The lowest BCUT2D eigenvalue weighted by atomic mass is 10.1. The third kappa shape index (κ3) is 2.54. The topological polar surface area (TPSA) is 57.9 Å². The van der Waals surface area contributed by atoms with Crippen molar-refractivity contribution in [2.24, 2.45) is 0 Å². The second kappa shape index (κ2) is 4.32. The first kappa shape index (κ1) is 11.8. The van der Waals surface area contributed by atoms with Crippen LogP contribution >= 0.6 is 11.3 Å². The Morgan fingerprint density at radius 1 is 1.18 bits per heavy atom. The van der Waals surface area contributed by atoms with Gasteiger partial charge in [0.2, 0.25) is 0 Å². The van der Waals surface area contributed by atoms with Gasteiger partial charge in [-0.1, -0.05) is 12.1 Å². The van der Waals surface area contributed by atoms with Gasteiger partial charge in [-0.25, -0.2) is 8.42 Å². The first-order valence-corrected chi connectivity index (χ1v) is 7.57. The Morgan fingerprint density at radius 2 is 1.82 bits per heavy atom. The summed E-state index contributed by atoms with van der Waals surface area (Å²) in [4.78, 5) is 0.948. The lowest BCUT2D eigenvalue weighted by molar-refractivity contribution is 0.602. The molecule has 0 unspecified atom stereocenters. The second-order valence-electron chi connectivity index (χ2n) is 3.61. The van der Waals surface area contributed by atoms with Crippen molar-refractivity contribution in [3.63, 3.8) is 0 Å². The monoisotopic (exact) mass is 263 g/mol. The summed E-state index contributed by atoms with van der Waals surface area (Å²) in [6.45, 7) is 0. The van der Waals surface area contributed by atoms with E-state index in [1.807, 2.05) is 5.38 Å². The predicted octanol–water partition coefficient (Wildman–Crippen LogP) is 2.69. The number of benzene rings is 1. The maximum atomic E-state index is 11.3. The molecule has 0 saturated carbocycles. The predicted molar refractivity (Wildman–Crippen MR) is 67.6 cm³/mol.